The Morgan fingerprint density at radius 1 is 1.03 bits per heavy atom. The summed E-state index contributed by atoms with van der Waals surface area (Å²) in [4.78, 5) is 6.09. The van der Waals surface area contributed by atoms with E-state index >= 15 is 0 Å². The number of para-hydroxylation sites is 1. The fraction of sp³-hybridized carbons (Fsp3) is 0.269. The molecule has 29 heavy (non-hydrogen) atoms. The van der Waals surface area contributed by atoms with Crippen LogP contribution in [0.1, 0.15) is 36.8 Å². The van der Waals surface area contributed by atoms with Crippen LogP contribution in [-0.2, 0) is 6.42 Å². The largest absolute Gasteiger partial charge is 0.455 e. The van der Waals surface area contributed by atoms with E-state index in [1.54, 1.807) is 0 Å². The number of benzene rings is 2. The summed E-state index contributed by atoms with van der Waals surface area (Å²) in [6.07, 6.45) is 3.03. The third-order valence-corrected chi connectivity index (χ3v) is 6.56. The standard InChI is InChI=1S/C26H25NOS/c1-15-14-27-21(12-18(15)13-26(3,4)5)19-7-6-8-20-23-22(28-24(19)20)10-9-17-11-16(2)29-25(17)23/h6-12,14H,13H2,1-5H3. The number of aryl methyl sites for hydroxylation is 2. The second-order valence-electron chi connectivity index (χ2n) is 9.23. The molecule has 0 atom stereocenters. The van der Waals surface area contributed by atoms with E-state index in [0.717, 1.165) is 28.8 Å². The van der Waals surface area contributed by atoms with Gasteiger partial charge in [-0.2, -0.15) is 0 Å². The topological polar surface area (TPSA) is 26.0 Å². The van der Waals surface area contributed by atoms with Gasteiger partial charge in [-0.1, -0.05) is 32.9 Å². The van der Waals surface area contributed by atoms with Crippen molar-refractivity contribution in [3.63, 3.8) is 0 Å². The van der Waals surface area contributed by atoms with Crippen molar-refractivity contribution in [2.45, 2.75) is 41.0 Å². The summed E-state index contributed by atoms with van der Waals surface area (Å²) in [6.45, 7) is 11.1. The second kappa shape index (κ2) is 6.43. The molecule has 0 aliphatic rings. The maximum Gasteiger partial charge on any atom is 0.144 e. The molecule has 0 spiro atoms. The van der Waals surface area contributed by atoms with Crippen LogP contribution >= 0.6 is 11.3 Å². The summed E-state index contributed by atoms with van der Waals surface area (Å²) in [5, 5.41) is 3.68. The van der Waals surface area contributed by atoms with Crippen molar-refractivity contribution in [1.29, 1.82) is 0 Å². The average Bonchev–Trinajstić information content (AvgIpc) is 3.21. The molecule has 0 saturated heterocycles. The van der Waals surface area contributed by atoms with Gasteiger partial charge in [0, 0.05) is 32.1 Å². The number of thiophene rings is 1. The first-order valence-electron chi connectivity index (χ1n) is 10.1. The van der Waals surface area contributed by atoms with Crippen LogP contribution in [0.5, 0.6) is 0 Å². The van der Waals surface area contributed by atoms with E-state index in [1.807, 2.05) is 17.5 Å². The van der Waals surface area contributed by atoms with Crippen LogP contribution in [0.3, 0.4) is 0 Å². The van der Waals surface area contributed by atoms with Gasteiger partial charge in [0.05, 0.1) is 5.69 Å². The molecule has 5 rings (SSSR count). The molecule has 0 bridgehead atoms. The highest BCUT2D eigenvalue weighted by Gasteiger charge is 2.18. The third-order valence-electron chi connectivity index (χ3n) is 5.48. The summed E-state index contributed by atoms with van der Waals surface area (Å²) < 4.78 is 7.70. The Labute approximate surface area is 175 Å². The van der Waals surface area contributed by atoms with Crippen LogP contribution in [-0.4, -0.2) is 4.98 Å². The molecule has 3 heterocycles. The number of furan rings is 1. The van der Waals surface area contributed by atoms with Crippen molar-refractivity contribution < 1.29 is 4.42 Å². The monoisotopic (exact) mass is 399 g/mol. The molecule has 0 amide bonds. The lowest BCUT2D eigenvalue weighted by Gasteiger charge is -2.20. The lowest BCUT2D eigenvalue weighted by molar-refractivity contribution is 0.410. The molecule has 146 valence electrons. The van der Waals surface area contributed by atoms with Crippen molar-refractivity contribution in [2.24, 2.45) is 5.41 Å². The minimum absolute atomic E-state index is 0.234. The smallest absolute Gasteiger partial charge is 0.144 e. The summed E-state index contributed by atoms with van der Waals surface area (Å²) in [7, 11) is 0. The predicted octanol–water partition coefficient (Wildman–Crippen LogP) is 8.07. The highest BCUT2D eigenvalue weighted by molar-refractivity contribution is 7.20. The van der Waals surface area contributed by atoms with Crippen molar-refractivity contribution >= 4 is 43.4 Å². The first-order chi connectivity index (χ1) is 13.8. The zero-order valence-electron chi connectivity index (χ0n) is 17.6. The number of nitrogens with zero attached hydrogens (tertiary/aromatic N) is 1. The Morgan fingerprint density at radius 2 is 1.86 bits per heavy atom. The number of pyridine rings is 1. The Balaban J connectivity index is 1.76. The molecule has 2 aromatic carbocycles. The fourth-order valence-corrected chi connectivity index (χ4v) is 5.25. The van der Waals surface area contributed by atoms with E-state index in [-0.39, 0.29) is 5.41 Å². The normalized spacial score (nSPS) is 12.4. The van der Waals surface area contributed by atoms with Crippen LogP contribution in [0.15, 0.2) is 53.1 Å². The SMILES string of the molecule is Cc1cc2ccc3oc4c(-c5cc(CC(C)(C)C)c(C)cn5)cccc4c3c2s1. The number of rotatable bonds is 2. The molecule has 5 aromatic rings. The van der Waals surface area contributed by atoms with Crippen molar-refractivity contribution in [3.05, 3.63) is 64.7 Å². The van der Waals surface area contributed by atoms with Gasteiger partial charge in [-0.25, -0.2) is 0 Å². The van der Waals surface area contributed by atoms with E-state index in [4.69, 9.17) is 9.40 Å². The van der Waals surface area contributed by atoms with E-state index in [9.17, 15) is 0 Å². The van der Waals surface area contributed by atoms with E-state index in [0.29, 0.717) is 0 Å². The van der Waals surface area contributed by atoms with Crippen molar-refractivity contribution in [1.82, 2.24) is 4.98 Å². The molecule has 0 unspecified atom stereocenters. The lowest BCUT2D eigenvalue weighted by atomic mass is 9.86. The van der Waals surface area contributed by atoms with Gasteiger partial charge in [-0.3, -0.25) is 4.98 Å². The Hall–Kier alpha value is -2.65. The Kier molecular flexibility index (Phi) is 4.08. The molecule has 0 aliphatic carbocycles. The van der Waals surface area contributed by atoms with Crippen molar-refractivity contribution in [2.75, 3.05) is 0 Å². The van der Waals surface area contributed by atoms with Crippen LogP contribution < -0.4 is 0 Å². The summed E-state index contributed by atoms with van der Waals surface area (Å²) in [6, 6.07) is 15.2. The van der Waals surface area contributed by atoms with Gasteiger partial charge in [0.2, 0.25) is 0 Å². The molecular formula is C26H25NOS. The van der Waals surface area contributed by atoms with Crippen molar-refractivity contribution in [3.8, 4) is 11.3 Å². The van der Waals surface area contributed by atoms with Crippen LogP contribution in [0.25, 0.3) is 43.3 Å². The van der Waals surface area contributed by atoms with E-state index in [2.05, 4.69) is 77.1 Å². The quantitative estimate of drug-likeness (QED) is 0.300. The zero-order valence-corrected chi connectivity index (χ0v) is 18.4. The Bertz CT molecular complexity index is 1380. The minimum Gasteiger partial charge on any atom is -0.455 e. The molecule has 3 heteroatoms. The van der Waals surface area contributed by atoms with E-state index < -0.39 is 0 Å². The minimum atomic E-state index is 0.234. The summed E-state index contributed by atoms with van der Waals surface area (Å²) in [5.41, 5.74) is 6.76. The molecule has 0 fully saturated rings. The molecule has 0 saturated carbocycles. The van der Waals surface area contributed by atoms with Gasteiger partial charge in [0.1, 0.15) is 11.2 Å². The third kappa shape index (κ3) is 3.14. The number of aromatic nitrogens is 1. The first kappa shape index (κ1) is 18.4. The maximum absolute atomic E-state index is 6.39. The fourth-order valence-electron chi connectivity index (χ4n) is 4.18. The van der Waals surface area contributed by atoms with Crippen LogP contribution in [0, 0.1) is 19.3 Å². The number of hydrogen-bond acceptors (Lipinski definition) is 3. The Morgan fingerprint density at radius 3 is 2.66 bits per heavy atom. The van der Waals surface area contributed by atoms with Gasteiger partial charge >= 0.3 is 0 Å². The van der Waals surface area contributed by atoms with Gasteiger partial charge in [0.25, 0.3) is 0 Å². The average molecular weight is 400 g/mol. The summed E-state index contributed by atoms with van der Waals surface area (Å²) in [5.74, 6) is 0. The van der Waals surface area contributed by atoms with Crippen LogP contribution in [0.2, 0.25) is 0 Å². The second-order valence-corrected chi connectivity index (χ2v) is 10.5. The van der Waals surface area contributed by atoms with Crippen LogP contribution in [0.4, 0.5) is 0 Å². The molecule has 0 radical (unpaired) electrons. The molecule has 0 aliphatic heterocycles. The van der Waals surface area contributed by atoms with Gasteiger partial charge < -0.3 is 4.42 Å². The maximum atomic E-state index is 6.39. The lowest BCUT2D eigenvalue weighted by Crippen LogP contribution is -2.10. The summed E-state index contributed by atoms with van der Waals surface area (Å²) >= 11 is 1.84. The molecule has 0 N–H and O–H groups in total. The highest BCUT2D eigenvalue weighted by Crippen LogP contribution is 2.41. The van der Waals surface area contributed by atoms with Gasteiger partial charge in [-0.05, 0) is 72.5 Å². The molecule has 3 aromatic heterocycles. The number of hydrogen-bond donors (Lipinski definition) is 0. The highest BCUT2D eigenvalue weighted by atomic mass is 32.1. The first-order valence-corrected chi connectivity index (χ1v) is 10.9. The van der Waals surface area contributed by atoms with E-state index in [1.165, 1.54) is 36.9 Å². The molecule has 2 nitrogen and oxygen atoms in total. The van der Waals surface area contributed by atoms with Gasteiger partial charge in [0.15, 0.2) is 0 Å². The molecular weight excluding hydrogens is 374 g/mol. The number of fused-ring (bicyclic) bond motifs is 5. The zero-order chi connectivity index (χ0) is 20.3. The van der Waals surface area contributed by atoms with Gasteiger partial charge in [-0.15, -0.1) is 11.3 Å². The predicted molar refractivity (Wildman–Crippen MR) is 125 cm³/mol.